The van der Waals surface area contributed by atoms with Crippen LogP contribution in [0.25, 0.3) is 66.1 Å². The van der Waals surface area contributed by atoms with Crippen LogP contribution in [-0.4, -0.2) is 31.4 Å². The standard InChI is InChI=1S/C59H43B4NO/c60-53-51(37-17-4-1-5-18-37)54(61)56(63)57(55(53)62)64(41-24-14-19-38(34-41)43-27-15-29-50-52(43)47-32-30-36-16-10-11-25-44(36)58(47)65-50)42-31-33-46-45-26-12-13-28-48(45)59(49(46)35-42,39-20-6-2-7-21-39)40-22-8-3-9-23-40/h1-35H,60-63H2. The van der Waals surface area contributed by atoms with Gasteiger partial charge in [-0.1, -0.05) is 198 Å². The third kappa shape index (κ3) is 5.87. The maximum atomic E-state index is 6.70. The highest BCUT2D eigenvalue weighted by atomic mass is 16.3. The zero-order valence-electron chi connectivity index (χ0n) is 37.1. The highest BCUT2D eigenvalue weighted by Gasteiger charge is 2.46. The molecular formula is C59H43B4NO. The first-order valence-electron chi connectivity index (χ1n) is 22.7. The SMILES string of the molecule is Bc1c(B)c(N(c2cccc(-c3cccc4oc5c6ccccc6ccc5c34)c2)c2ccc3c(c2)C(c2ccccc2)(c2ccccc2)c2ccccc2-3)c(B)c(B)c1-c1ccccc1. The molecule has 0 atom stereocenters. The van der Waals surface area contributed by atoms with Gasteiger partial charge in [-0.3, -0.25) is 0 Å². The monoisotopic (exact) mass is 825 g/mol. The average molecular weight is 825 g/mol. The highest BCUT2D eigenvalue weighted by molar-refractivity contribution is 6.63. The number of rotatable bonds is 7. The fraction of sp³-hybridized carbons (Fsp3) is 0.0169. The summed E-state index contributed by atoms with van der Waals surface area (Å²) in [7, 11) is 9.21. The Labute approximate surface area is 383 Å². The molecule has 0 bridgehead atoms. The van der Waals surface area contributed by atoms with Crippen LogP contribution in [0, 0.1) is 0 Å². The van der Waals surface area contributed by atoms with Gasteiger partial charge in [0.1, 0.15) is 42.6 Å². The lowest BCUT2D eigenvalue weighted by atomic mass is 9.64. The highest BCUT2D eigenvalue weighted by Crippen LogP contribution is 2.57. The molecule has 0 unspecified atom stereocenters. The first-order valence-corrected chi connectivity index (χ1v) is 22.7. The number of fused-ring (bicyclic) bond motifs is 8. The van der Waals surface area contributed by atoms with Gasteiger partial charge in [-0.2, -0.15) is 0 Å². The molecule has 0 amide bonds. The van der Waals surface area contributed by atoms with E-state index in [1.807, 2.05) is 0 Å². The van der Waals surface area contributed by atoms with Crippen LogP contribution in [0.2, 0.25) is 0 Å². The number of benzene rings is 10. The van der Waals surface area contributed by atoms with E-state index >= 15 is 0 Å². The fourth-order valence-electron chi connectivity index (χ4n) is 11.3. The van der Waals surface area contributed by atoms with Crippen molar-refractivity contribution in [1.29, 1.82) is 0 Å². The lowest BCUT2D eigenvalue weighted by Gasteiger charge is -2.36. The van der Waals surface area contributed by atoms with Gasteiger partial charge in [0.25, 0.3) is 0 Å². The van der Waals surface area contributed by atoms with Gasteiger partial charge in [-0.15, -0.1) is 0 Å². The van der Waals surface area contributed by atoms with E-state index in [0.717, 1.165) is 49.8 Å². The normalized spacial score (nSPS) is 12.7. The van der Waals surface area contributed by atoms with Crippen LogP contribution in [-0.2, 0) is 5.41 Å². The quantitative estimate of drug-likeness (QED) is 0.149. The largest absolute Gasteiger partial charge is 0.455 e. The summed E-state index contributed by atoms with van der Waals surface area (Å²) in [6.07, 6.45) is 0. The molecule has 2 nitrogen and oxygen atoms in total. The van der Waals surface area contributed by atoms with Gasteiger partial charge in [0, 0.05) is 33.2 Å². The van der Waals surface area contributed by atoms with Crippen LogP contribution in [0.4, 0.5) is 17.1 Å². The molecule has 0 saturated carbocycles. The van der Waals surface area contributed by atoms with Crippen molar-refractivity contribution in [2.24, 2.45) is 0 Å². The molecule has 1 aromatic heterocycles. The molecule has 1 heterocycles. The van der Waals surface area contributed by atoms with Crippen molar-refractivity contribution in [2.75, 3.05) is 4.90 Å². The predicted molar refractivity (Wildman–Crippen MR) is 287 cm³/mol. The second kappa shape index (κ2) is 15.2. The summed E-state index contributed by atoms with van der Waals surface area (Å²) < 4.78 is 6.70. The van der Waals surface area contributed by atoms with Crippen LogP contribution in [0.3, 0.4) is 0 Å². The van der Waals surface area contributed by atoms with Gasteiger partial charge in [0.15, 0.2) is 0 Å². The van der Waals surface area contributed by atoms with E-state index in [1.54, 1.807) is 0 Å². The molecular weight excluding hydrogens is 782 g/mol. The van der Waals surface area contributed by atoms with Crippen molar-refractivity contribution in [3.63, 3.8) is 0 Å². The number of hydrogen-bond acceptors (Lipinski definition) is 2. The van der Waals surface area contributed by atoms with Gasteiger partial charge in [0.2, 0.25) is 0 Å². The Kier molecular flexibility index (Phi) is 9.14. The van der Waals surface area contributed by atoms with Gasteiger partial charge in [-0.25, -0.2) is 0 Å². The molecule has 0 saturated heterocycles. The topological polar surface area (TPSA) is 16.4 Å². The Balaban J connectivity index is 1.13. The molecule has 12 rings (SSSR count). The Morgan fingerprint density at radius 1 is 0.400 bits per heavy atom. The first kappa shape index (κ1) is 39.0. The van der Waals surface area contributed by atoms with E-state index in [0.29, 0.717) is 0 Å². The minimum Gasteiger partial charge on any atom is -0.455 e. The summed E-state index contributed by atoms with van der Waals surface area (Å²) in [4.78, 5) is 2.54. The van der Waals surface area contributed by atoms with Crippen molar-refractivity contribution >= 4 is 103 Å². The zero-order valence-corrected chi connectivity index (χ0v) is 37.1. The van der Waals surface area contributed by atoms with E-state index in [2.05, 4.69) is 249 Å². The van der Waals surface area contributed by atoms with E-state index < -0.39 is 5.41 Å². The first-order chi connectivity index (χ1) is 31.9. The molecule has 0 fully saturated rings. The Bertz CT molecular complexity index is 3590. The van der Waals surface area contributed by atoms with Gasteiger partial charge >= 0.3 is 0 Å². The molecule has 65 heavy (non-hydrogen) atoms. The lowest BCUT2D eigenvalue weighted by Crippen LogP contribution is -2.46. The Morgan fingerprint density at radius 2 is 0.985 bits per heavy atom. The van der Waals surface area contributed by atoms with E-state index in [-0.39, 0.29) is 0 Å². The van der Waals surface area contributed by atoms with Crippen molar-refractivity contribution in [1.82, 2.24) is 0 Å². The van der Waals surface area contributed by atoms with Crippen LogP contribution in [0.1, 0.15) is 22.3 Å². The van der Waals surface area contributed by atoms with Crippen LogP contribution >= 0.6 is 0 Å². The summed E-state index contributed by atoms with van der Waals surface area (Å²) in [5, 5.41) is 4.56. The second-order valence-electron chi connectivity index (χ2n) is 17.7. The third-order valence-corrected chi connectivity index (χ3v) is 14.4. The molecule has 1 aliphatic rings. The lowest BCUT2D eigenvalue weighted by molar-refractivity contribution is 0.673. The summed E-state index contributed by atoms with van der Waals surface area (Å²) in [5.74, 6) is 0. The minimum absolute atomic E-state index is 0.535. The number of anilines is 3. The van der Waals surface area contributed by atoms with Crippen LogP contribution in [0.15, 0.2) is 217 Å². The Hall–Kier alpha value is -7.68. The zero-order chi connectivity index (χ0) is 43.8. The van der Waals surface area contributed by atoms with E-state index in [9.17, 15) is 0 Å². The number of furan rings is 1. The van der Waals surface area contributed by atoms with Gasteiger partial charge in [0.05, 0.1) is 5.41 Å². The van der Waals surface area contributed by atoms with E-state index in [1.165, 1.54) is 77.4 Å². The van der Waals surface area contributed by atoms with Crippen LogP contribution < -0.4 is 26.8 Å². The number of hydrogen-bond donors (Lipinski definition) is 0. The smallest absolute Gasteiger partial charge is 0.143 e. The maximum absolute atomic E-state index is 6.70. The number of nitrogens with zero attached hydrogens (tertiary/aromatic N) is 1. The molecule has 1 aliphatic carbocycles. The fourth-order valence-corrected chi connectivity index (χ4v) is 11.3. The molecule has 302 valence electrons. The summed E-state index contributed by atoms with van der Waals surface area (Å²) in [6.45, 7) is 0. The maximum Gasteiger partial charge on any atom is 0.143 e. The average Bonchev–Trinajstić information content (AvgIpc) is 3.90. The molecule has 11 aromatic rings. The molecule has 0 spiro atoms. The molecule has 0 radical (unpaired) electrons. The summed E-state index contributed by atoms with van der Waals surface area (Å²) in [5.41, 5.74) is 22.2. The van der Waals surface area contributed by atoms with Crippen molar-refractivity contribution < 1.29 is 4.42 Å². The molecule has 10 aromatic carbocycles. The second-order valence-corrected chi connectivity index (χ2v) is 17.7. The van der Waals surface area contributed by atoms with E-state index in [4.69, 9.17) is 4.42 Å². The predicted octanol–water partition coefficient (Wildman–Crippen LogP) is 8.94. The van der Waals surface area contributed by atoms with Crippen molar-refractivity contribution in [3.8, 4) is 33.4 Å². The van der Waals surface area contributed by atoms with Gasteiger partial charge in [-0.05, 0) is 97.4 Å². The molecule has 0 aliphatic heterocycles. The molecule has 6 heteroatoms. The van der Waals surface area contributed by atoms with Crippen molar-refractivity contribution in [3.05, 3.63) is 235 Å². The third-order valence-electron chi connectivity index (χ3n) is 14.4. The summed E-state index contributed by atoms with van der Waals surface area (Å²) >= 11 is 0. The minimum atomic E-state index is -0.535. The summed E-state index contributed by atoms with van der Waals surface area (Å²) in [6, 6.07) is 77.8. The van der Waals surface area contributed by atoms with Crippen molar-refractivity contribution in [2.45, 2.75) is 5.41 Å². The molecule has 0 N–H and O–H groups in total. The van der Waals surface area contributed by atoms with Crippen LogP contribution in [0.5, 0.6) is 0 Å². The Morgan fingerprint density at radius 3 is 1.72 bits per heavy atom. The van der Waals surface area contributed by atoms with Gasteiger partial charge < -0.3 is 9.32 Å².